The first kappa shape index (κ1) is 93.9. The number of hydrogen-bond acceptors (Lipinski definition) is 13. The number of phenolic OH excluding ortho intramolecular Hbond substituents is 2. The molecule has 3 unspecified atom stereocenters. The zero-order valence-electron chi connectivity index (χ0n) is 60.6. The molecule has 0 spiro atoms. The molecule has 11 rings (SSSR count). The summed E-state index contributed by atoms with van der Waals surface area (Å²) in [5.41, 5.74) is 5.07. The van der Waals surface area contributed by atoms with Gasteiger partial charge in [0, 0.05) is 19.8 Å². The molecule has 560 valence electrons. The minimum Gasteiger partial charge on any atom is -1.00 e. The van der Waals surface area contributed by atoms with Gasteiger partial charge in [-0.15, -0.1) is 12.4 Å². The molecule has 3 atom stereocenters. The van der Waals surface area contributed by atoms with Gasteiger partial charge in [0.05, 0.1) is 6.61 Å². The molecule has 0 aliphatic carbocycles. The number of ether oxygens (including phenoxy) is 10. The van der Waals surface area contributed by atoms with E-state index >= 15 is 0 Å². The Morgan fingerprint density at radius 2 is 0.491 bits per heavy atom. The van der Waals surface area contributed by atoms with E-state index < -0.39 is 0 Å². The minimum absolute atomic E-state index is 0. The summed E-state index contributed by atoms with van der Waals surface area (Å²) < 4.78 is 89.4. The molecule has 11 aromatic rings. The van der Waals surface area contributed by atoms with E-state index in [0.29, 0.717) is 46.2 Å². The number of aliphatic hydroxyl groups is 1. The van der Waals surface area contributed by atoms with Gasteiger partial charge in [-0.1, -0.05) is 60.7 Å². The van der Waals surface area contributed by atoms with E-state index in [2.05, 4.69) is 48.5 Å². The van der Waals surface area contributed by atoms with Crippen molar-refractivity contribution in [1.82, 2.24) is 0 Å². The first-order valence-corrected chi connectivity index (χ1v) is 39.3. The van der Waals surface area contributed by atoms with Gasteiger partial charge < -0.3 is 101 Å². The van der Waals surface area contributed by atoms with E-state index in [1.54, 1.807) is 48.5 Å². The van der Waals surface area contributed by atoms with Gasteiger partial charge >= 0.3 is 93.2 Å². The smallest absolute Gasteiger partial charge is 1.00 e. The van der Waals surface area contributed by atoms with Crippen molar-refractivity contribution in [2.24, 2.45) is 0 Å². The molecule has 0 bridgehead atoms. The molecule has 106 heavy (non-hydrogen) atoms. The number of rotatable bonds is 31. The summed E-state index contributed by atoms with van der Waals surface area (Å²) in [5, 5.41) is 27.5. The standard InChI is InChI=1S/C34H38IO6.C26H21IO4.C12H8F2I.C11H16O3.4ClH.Na.H/c1-5-36-25(3)40-33-15-7-27(8-16-33)23-38-31-19-11-29(12-20-31)35-30-13-21-32(22-14-30)39-24-28-9-17-34(18-10-28)41-26(4)37-6-2;28-23-9-1-19(2-10-23)17-30-25-13-5-21(6-14-25)27-22-7-15-26(16-8-22)31-18-20-3-11-24(29)12-4-20;13-9-1-5-11(6-2-9)15-12-7-3-10(14)4-8-12;1-3-13-9(2)14-11-6-4-10(8-12)5-7-11;;;;;;/h7-22,25-26H,5-6,23-24H2,1-4H3;1-16H,17-18H2,(H-,28,29);1-8H;4-7,9,12H,3,8H2,1-2H3;4*1H;;/q+1;;+1;;;;;;+1;-1/p-2. The van der Waals surface area contributed by atoms with Crippen LogP contribution < -0.4 is 164 Å². The Labute approximate surface area is 701 Å². The molecule has 11 aromatic carbocycles. The molecule has 0 aliphatic rings. The number of halogens is 9. The van der Waals surface area contributed by atoms with Crippen molar-refractivity contribution in [1.29, 1.82) is 0 Å². The SMILES string of the molecule is CCOC(C)Oc1ccc(CO)cc1.CCOC(C)Oc1ccc(COc2ccc([I+]c3ccc(OCc4ccc(OC(C)OCC)cc4)cc3)cc2)cc1.Cl.Fc1ccc([I+]c2ccc(F)cc2)cc1.Oc1ccc(COc2ccc([I+]c3ccc(OCc4ccc(O)cc4)cc3)cc2)cc1.[Cl-].[Cl-].[Cl-].[H-].[Na+]. The maximum atomic E-state index is 12.6. The van der Waals surface area contributed by atoms with E-state index in [1.165, 1.54) is 38.5 Å². The van der Waals surface area contributed by atoms with Gasteiger partial charge in [-0.05, 0) is 276 Å². The van der Waals surface area contributed by atoms with Crippen molar-refractivity contribution in [3.63, 3.8) is 0 Å². The maximum absolute atomic E-state index is 12.6. The van der Waals surface area contributed by atoms with Crippen LogP contribution in [0.2, 0.25) is 0 Å². The summed E-state index contributed by atoms with van der Waals surface area (Å²) >= 11 is -0.904. The number of phenols is 2. The van der Waals surface area contributed by atoms with Crippen LogP contribution in [0.3, 0.4) is 0 Å². The van der Waals surface area contributed by atoms with Crippen molar-refractivity contribution in [2.75, 3.05) is 19.8 Å². The zero-order chi connectivity index (χ0) is 71.4. The van der Waals surface area contributed by atoms with Crippen LogP contribution >= 0.6 is 12.4 Å². The molecule has 0 radical (unpaired) electrons. The van der Waals surface area contributed by atoms with Crippen LogP contribution in [0.25, 0.3) is 0 Å². The molecule has 0 aromatic heterocycles. The van der Waals surface area contributed by atoms with Crippen LogP contribution in [0, 0.1) is 33.1 Å². The summed E-state index contributed by atoms with van der Waals surface area (Å²) in [4.78, 5) is 0. The molecule has 0 saturated carbocycles. The van der Waals surface area contributed by atoms with Gasteiger partial charge in [-0.2, -0.15) is 0 Å². The fourth-order valence-electron chi connectivity index (χ4n) is 8.97. The predicted octanol–water partition coefficient (Wildman–Crippen LogP) is -2.54. The molecular weight excluding hydrogens is 1790 g/mol. The molecule has 23 heteroatoms. The van der Waals surface area contributed by atoms with Crippen molar-refractivity contribution in [3.05, 3.63) is 328 Å². The van der Waals surface area contributed by atoms with Gasteiger partial charge in [-0.25, -0.2) is 8.78 Å². The van der Waals surface area contributed by atoms with Crippen LogP contribution in [-0.4, -0.2) is 54.0 Å². The van der Waals surface area contributed by atoms with Crippen LogP contribution in [-0.2, 0) is 47.2 Å². The maximum Gasteiger partial charge on any atom is 1.00 e. The normalized spacial score (nSPS) is 11.0. The van der Waals surface area contributed by atoms with E-state index in [-0.39, 0.29) is 193 Å². The van der Waals surface area contributed by atoms with Crippen LogP contribution in [0.4, 0.5) is 8.78 Å². The third kappa shape index (κ3) is 36.3. The molecule has 13 nitrogen and oxygen atoms in total. The first-order chi connectivity index (χ1) is 49.1. The van der Waals surface area contributed by atoms with E-state index in [0.717, 1.165) is 75.2 Å². The quantitative estimate of drug-likeness (QED) is 0.0238. The van der Waals surface area contributed by atoms with E-state index in [4.69, 9.17) is 52.5 Å². The topological polar surface area (TPSA) is 153 Å². The number of hydrogen-bond donors (Lipinski definition) is 3. The Balaban J connectivity index is 0.000000518. The monoisotopic (exact) mass is 1870 g/mol. The third-order valence-corrected chi connectivity index (χ3v) is 22.1. The molecule has 0 heterocycles. The van der Waals surface area contributed by atoms with Gasteiger partial charge in [0.1, 0.15) is 89.8 Å². The third-order valence-electron chi connectivity index (χ3n) is 14.1. The minimum atomic E-state index is -0.330. The Hall–Kier alpha value is -6.33. The Kier molecular flexibility index (Phi) is 46.7. The largest absolute Gasteiger partial charge is 1.00 e. The summed E-state index contributed by atoms with van der Waals surface area (Å²) in [7, 11) is 0. The molecule has 0 amide bonds. The van der Waals surface area contributed by atoms with Gasteiger partial charge in [0.2, 0.25) is 0 Å². The zero-order valence-corrected chi connectivity index (χ0v) is 71.2. The molecule has 0 saturated heterocycles. The predicted molar refractivity (Wildman–Crippen MR) is 383 cm³/mol. The second-order valence-electron chi connectivity index (χ2n) is 22.0. The van der Waals surface area contributed by atoms with Crippen molar-refractivity contribution in [3.8, 4) is 51.7 Å². The van der Waals surface area contributed by atoms with E-state index in [1.807, 2.05) is 187 Å². The molecule has 0 fully saturated rings. The second kappa shape index (κ2) is 52.7. The average Bonchev–Trinajstić information content (AvgIpc) is 0.887. The number of benzene rings is 11. The van der Waals surface area contributed by atoms with Crippen LogP contribution in [0.15, 0.2) is 267 Å². The van der Waals surface area contributed by atoms with Crippen molar-refractivity contribution in [2.45, 2.75) is 93.4 Å². The van der Waals surface area contributed by atoms with Gasteiger partial charge in [0.15, 0.2) is 40.3 Å². The fourth-order valence-corrected chi connectivity index (χ4v) is 15.4. The van der Waals surface area contributed by atoms with Gasteiger partial charge in [0.25, 0.3) is 0 Å². The molecular formula is C83H86Cl4F2I3NaO13. The fraction of sp³-hybridized carbons (Fsp3) is 0.205. The summed E-state index contributed by atoms with van der Waals surface area (Å²) in [6, 6.07) is 83.4. The van der Waals surface area contributed by atoms with Gasteiger partial charge in [-0.3, -0.25) is 0 Å². The number of aliphatic hydroxyl groups excluding tert-OH is 1. The van der Waals surface area contributed by atoms with Crippen molar-refractivity contribution >= 4 is 12.4 Å². The summed E-state index contributed by atoms with van der Waals surface area (Å²) in [6.45, 7) is 15.3. The Morgan fingerprint density at radius 1 is 0.302 bits per heavy atom. The molecule has 3 N–H and O–H groups in total. The number of aromatic hydroxyl groups is 2. The second-order valence-corrected chi connectivity index (χ2v) is 31.1. The van der Waals surface area contributed by atoms with Crippen LogP contribution in [0.1, 0.15) is 70.8 Å². The Morgan fingerprint density at radius 3 is 0.698 bits per heavy atom. The van der Waals surface area contributed by atoms with Crippen molar-refractivity contribution < 1.29 is 203 Å². The summed E-state index contributed by atoms with van der Waals surface area (Å²) in [6.07, 6.45) is -0.763. The first-order valence-electron chi connectivity index (χ1n) is 32.8. The van der Waals surface area contributed by atoms with E-state index in [9.17, 15) is 19.0 Å². The van der Waals surface area contributed by atoms with Crippen LogP contribution in [0.5, 0.6) is 51.7 Å². The Bertz CT molecular complexity index is 3870. The molecule has 0 aliphatic heterocycles. The average molecular weight is 1880 g/mol. The summed E-state index contributed by atoms with van der Waals surface area (Å²) in [5.74, 6) is 5.77.